The maximum absolute atomic E-state index is 13.3. The highest BCUT2D eigenvalue weighted by atomic mass is 35.5. The Labute approximate surface area is 114 Å². The van der Waals surface area contributed by atoms with Crippen LogP contribution >= 0.6 is 23.2 Å². The molecule has 18 heavy (non-hydrogen) atoms. The van der Waals surface area contributed by atoms with Crippen molar-refractivity contribution >= 4 is 23.2 Å². The van der Waals surface area contributed by atoms with Gasteiger partial charge < -0.3 is 9.84 Å². The van der Waals surface area contributed by atoms with Crippen LogP contribution in [-0.2, 0) is 6.61 Å². The normalized spacial score (nSPS) is 10.4. The predicted molar refractivity (Wildman–Crippen MR) is 68.9 cm³/mol. The van der Waals surface area contributed by atoms with Crippen molar-refractivity contribution < 1.29 is 14.2 Å². The van der Waals surface area contributed by atoms with Crippen molar-refractivity contribution in [2.24, 2.45) is 0 Å². The molecule has 0 atom stereocenters. The van der Waals surface area contributed by atoms with Gasteiger partial charge in [0.25, 0.3) is 0 Å². The molecule has 0 unspecified atom stereocenters. The van der Waals surface area contributed by atoms with Gasteiger partial charge in [-0.2, -0.15) is 0 Å². The fraction of sp³-hybridized carbons (Fsp3) is 0.0769. The Bertz CT molecular complexity index is 573. The maximum Gasteiger partial charge on any atom is 0.151 e. The number of aliphatic hydroxyl groups is 1. The van der Waals surface area contributed by atoms with Gasteiger partial charge in [-0.1, -0.05) is 35.3 Å². The summed E-state index contributed by atoms with van der Waals surface area (Å²) in [5.74, 6) is -0.00476. The molecule has 2 aromatic rings. The van der Waals surface area contributed by atoms with Gasteiger partial charge in [0.15, 0.2) is 5.75 Å². The van der Waals surface area contributed by atoms with E-state index in [1.54, 1.807) is 18.2 Å². The van der Waals surface area contributed by atoms with Crippen molar-refractivity contribution in [2.75, 3.05) is 0 Å². The van der Waals surface area contributed by atoms with Crippen LogP contribution in [0.1, 0.15) is 5.56 Å². The summed E-state index contributed by atoms with van der Waals surface area (Å²) in [5.41, 5.74) is 0.526. The zero-order valence-electron chi connectivity index (χ0n) is 9.16. The minimum absolute atomic E-state index is 0.0175. The zero-order chi connectivity index (χ0) is 13.1. The van der Waals surface area contributed by atoms with Gasteiger partial charge in [-0.15, -0.1) is 0 Å². The number of hydrogen-bond donors (Lipinski definition) is 1. The highest BCUT2D eigenvalue weighted by Crippen LogP contribution is 2.33. The van der Waals surface area contributed by atoms with Crippen LogP contribution in [0.25, 0.3) is 0 Å². The van der Waals surface area contributed by atoms with Gasteiger partial charge in [0.05, 0.1) is 16.7 Å². The van der Waals surface area contributed by atoms with Crippen molar-refractivity contribution in [1.29, 1.82) is 0 Å². The molecule has 0 aliphatic rings. The maximum atomic E-state index is 13.3. The van der Waals surface area contributed by atoms with E-state index < -0.39 is 5.82 Å². The number of halogens is 3. The van der Waals surface area contributed by atoms with E-state index in [0.29, 0.717) is 16.3 Å². The molecule has 0 spiro atoms. The van der Waals surface area contributed by atoms with E-state index in [1.165, 1.54) is 12.1 Å². The third kappa shape index (κ3) is 2.75. The second-order valence-electron chi connectivity index (χ2n) is 3.56. The molecule has 0 aromatic heterocycles. The van der Waals surface area contributed by atoms with Crippen molar-refractivity contribution in [3.63, 3.8) is 0 Å². The Hall–Kier alpha value is -1.29. The Morgan fingerprint density at radius 1 is 1.11 bits per heavy atom. The van der Waals surface area contributed by atoms with Crippen LogP contribution in [0.3, 0.4) is 0 Å². The first-order valence-corrected chi connectivity index (χ1v) is 5.88. The highest BCUT2D eigenvalue weighted by molar-refractivity contribution is 6.32. The molecule has 2 rings (SSSR count). The summed E-state index contributed by atoms with van der Waals surface area (Å²) >= 11 is 11.6. The number of para-hydroxylation sites is 1. The van der Waals surface area contributed by atoms with Gasteiger partial charge in [-0.3, -0.25) is 0 Å². The van der Waals surface area contributed by atoms with Crippen LogP contribution in [0.15, 0.2) is 36.4 Å². The lowest BCUT2D eigenvalue weighted by Crippen LogP contribution is -1.93. The van der Waals surface area contributed by atoms with E-state index in [4.69, 9.17) is 27.9 Å². The van der Waals surface area contributed by atoms with E-state index in [-0.39, 0.29) is 17.4 Å². The molecule has 2 nitrogen and oxygen atoms in total. The predicted octanol–water partition coefficient (Wildman–Crippen LogP) is 4.42. The summed E-state index contributed by atoms with van der Waals surface area (Å²) in [6.07, 6.45) is 0. The van der Waals surface area contributed by atoms with Crippen LogP contribution in [0.5, 0.6) is 11.5 Å². The molecule has 0 fully saturated rings. The molecule has 0 amide bonds. The molecular formula is C13H9Cl2FO2. The monoisotopic (exact) mass is 286 g/mol. The molecule has 0 heterocycles. The lowest BCUT2D eigenvalue weighted by molar-refractivity contribution is 0.276. The summed E-state index contributed by atoms with van der Waals surface area (Å²) in [4.78, 5) is 0. The standard InChI is InChI=1S/C13H9Cl2FO2/c14-10-5-4-9(6-12(10)16)18-13-8(7-17)2-1-3-11(13)15/h1-6,17H,7H2. The number of rotatable bonds is 3. The van der Waals surface area contributed by atoms with Gasteiger partial charge in [-0.25, -0.2) is 4.39 Å². The molecule has 2 aromatic carbocycles. The second kappa shape index (κ2) is 5.57. The molecule has 0 saturated heterocycles. The van der Waals surface area contributed by atoms with Crippen LogP contribution in [0.2, 0.25) is 10.0 Å². The average Bonchev–Trinajstić information content (AvgIpc) is 2.36. The molecule has 1 N–H and O–H groups in total. The van der Waals surface area contributed by atoms with E-state index in [2.05, 4.69) is 0 Å². The molecule has 5 heteroatoms. The molecule has 94 valence electrons. The number of hydrogen-bond acceptors (Lipinski definition) is 2. The number of ether oxygens (including phenoxy) is 1. The summed E-state index contributed by atoms with van der Waals surface area (Å²) in [6.45, 7) is -0.216. The van der Waals surface area contributed by atoms with Crippen molar-refractivity contribution in [1.82, 2.24) is 0 Å². The molecule has 0 bridgehead atoms. The minimum Gasteiger partial charge on any atom is -0.455 e. The molecule has 0 aliphatic carbocycles. The highest BCUT2D eigenvalue weighted by Gasteiger charge is 2.10. The Morgan fingerprint density at radius 2 is 1.89 bits per heavy atom. The quantitative estimate of drug-likeness (QED) is 0.905. The third-order valence-electron chi connectivity index (χ3n) is 2.33. The summed E-state index contributed by atoms with van der Waals surface area (Å²) in [5, 5.41) is 9.55. The first-order chi connectivity index (χ1) is 8.61. The van der Waals surface area contributed by atoms with E-state index in [1.807, 2.05) is 0 Å². The Balaban J connectivity index is 2.36. The van der Waals surface area contributed by atoms with Crippen LogP contribution in [-0.4, -0.2) is 5.11 Å². The Morgan fingerprint density at radius 3 is 2.56 bits per heavy atom. The summed E-state index contributed by atoms with van der Waals surface area (Å²) in [6, 6.07) is 9.07. The van der Waals surface area contributed by atoms with Crippen molar-refractivity contribution in [2.45, 2.75) is 6.61 Å². The molecular weight excluding hydrogens is 278 g/mol. The molecule has 0 radical (unpaired) electrons. The zero-order valence-corrected chi connectivity index (χ0v) is 10.7. The van der Waals surface area contributed by atoms with Gasteiger partial charge in [-0.05, 0) is 18.2 Å². The van der Waals surface area contributed by atoms with E-state index >= 15 is 0 Å². The smallest absolute Gasteiger partial charge is 0.151 e. The van der Waals surface area contributed by atoms with Gasteiger partial charge in [0.1, 0.15) is 11.6 Å². The minimum atomic E-state index is -0.577. The molecule has 0 saturated carbocycles. The van der Waals surface area contributed by atoms with E-state index in [0.717, 1.165) is 6.07 Å². The van der Waals surface area contributed by atoms with E-state index in [9.17, 15) is 9.50 Å². The summed E-state index contributed by atoms with van der Waals surface area (Å²) < 4.78 is 18.7. The van der Waals surface area contributed by atoms with Crippen LogP contribution in [0, 0.1) is 5.82 Å². The van der Waals surface area contributed by atoms with Gasteiger partial charge >= 0.3 is 0 Å². The SMILES string of the molecule is OCc1cccc(Cl)c1Oc1ccc(Cl)c(F)c1. The summed E-state index contributed by atoms with van der Waals surface area (Å²) in [7, 11) is 0. The second-order valence-corrected chi connectivity index (χ2v) is 4.38. The largest absolute Gasteiger partial charge is 0.455 e. The van der Waals surface area contributed by atoms with Crippen molar-refractivity contribution in [3.05, 3.63) is 57.8 Å². The Kier molecular flexibility index (Phi) is 4.07. The molecule has 0 aliphatic heterocycles. The van der Waals surface area contributed by atoms with Crippen LogP contribution in [0.4, 0.5) is 4.39 Å². The van der Waals surface area contributed by atoms with Crippen LogP contribution < -0.4 is 4.74 Å². The third-order valence-corrected chi connectivity index (χ3v) is 2.93. The van der Waals surface area contributed by atoms with Gasteiger partial charge in [0.2, 0.25) is 0 Å². The average molecular weight is 287 g/mol. The first-order valence-electron chi connectivity index (χ1n) is 5.13. The first kappa shape index (κ1) is 13.1. The van der Waals surface area contributed by atoms with Gasteiger partial charge in [0, 0.05) is 11.6 Å². The number of benzene rings is 2. The van der Waals surface area contributed by atoms with Crippen molar-refractivity contribution in [3.8, 4) is 11.5 Å². The fourth-order valence-electron chi connectivity index (χ4n) is 1.45. The lowest BCUT2D eigenvalue weighted by atomic mass is 10.2. The fourth-order valence-corrected chi connectivity index (χ4v) is 1.80. The lowest BCUT2D eigenvalue weighted by Gasteiger charge is -2.11. The number of aliphatic hydroxyl groups excluding tert-OH is 1. The topological polar surface area (TPSA) is 29.5 Å².